The molecule has 0 unspecified atom stereocenters. The van der Waals surface area contributed by atoms with E-state index in [1.807, 2.05) is 22.9 Å². The highest BCUT2D eigenvalue weighted by molar-refractivity contribution is 7.09. The summed E-state index contributed by atoms with van der Waals surface area (Å²) in [4.78, 5) is 11.5. The second-order valence-electron chi connectivity index (χ2n) is 8.04. The van der Waals surface area contributed by atoms with Crippen LogP contribution >= 0.6 is 22.9 Å². The Hall–Kier alpha value is -2.14. The number of benzene rings is 1. The molecule has 1 aromatic heterocycles. The van der Waals surface area contributed by atoms with Crippen LogP contribution in [-0.2, 0) is 16.8 Å². The molecule has 0 saturated carbocycles. The topological polar surface area (TPSA) is 82.9 Å². The molecule has 8 heteroatoms. The molecule has 0 saturated heterocycles. The minimum atomic E-state index is -0.907. The molecule has 2 aromatic rings. The van der Waals surface area contributed by atoms with E-state index in [4.69, 9.17) is 21.7 Å². The highest BCUT2D eigenvalue weighted by Crippen LogP contribution is 2.25. The van der Waals surface area contributed by atoms with Gasteiger partial charge in [0.1, 0.15) is 6.07 Å². The van der Waals surface area contributed by atoms with E-state index >= 15 is 0 Å². The van der Waals surface area contributed by atoms with E-state index in [2.05, 4.69) is 30.9 Å². The number of thiazole rings is 1. The number of hydrogen-bond acceptors (Lipinski definition) is 5. The van der Waals surface area contributed by atoms with Gasteiger partial charge in [-0.25, -0.2) is 0 Å². The number of oxime groups is 1. The summed E-state index contributed by atoms with van der Waals surface area (Å²) in [5, 5.41) is 23.6. The van der Waals surface area contributed by atoms with Crippen molar-refractivity contribution >= 4 is 28.8 Å². The zero-order valence-electron chi connectivity index (χ0n) is 16.7. The molecule has 1 N–H and O–H groups in total. The minimum Gasteiger partial charge on any atom is -0.389 e. The van der Waals surface area contributed by atoms with Crippen molar-refractivity contribution in [3.05, 3.63) is 50.7 Å². The van der Waals surface area contributed by atoms with Gasteiger partial charge in [-0.2, -0.15) is 10.3 Å². The summed E-state index contributed by atoms with van der Waals surface area (Å²) in [6.45, 7) is 10.1. The molecule has 0 bridgehead atoms. The van der Waals surface area contributed by atoms with Gasteiger partial charge in [-0.1, -0.05) is 49.7 Å². The number of nitriles is 1. The Kier molecular flexibility index (Phi) is 7.05. The molecule has 0 radical (unpaired) electrons. The molecule has 2 rings (SSSR count). The van der Waals surface area contributed by atoms with Crippen molar-refractivity contribution in [2.24, 2.45) is 10.1 Å². The zero-order chi connectivity index (χ0) is 20.9. The van der Waals surface area contributed by atoms with Crippen molar-refractivity contribution in [1.29, 1.82) is 5.26 Å². The maximum Gasteiger partial charge on any atom is 0.202 e. The van der Waals surface area contributed by atoms with Gasteiger partial charge in [0, 0.05) is 21.7 Å². The van der Waals surface area contributed by atoms with Crippen LogP contribution in [0.1, 0.15) is 45.1 Å². The average Bonchev–Trinajstić information content (AvgIpc) is 2.95. The van der Waals surface area contributed by atoms with Gasteiger partial charge in [-0.05, 0) is 31.4 Å². The standard InChI is InChI=1S/C20H25ClN4O2S/c1-19(2,3)16-12-25(13-20(4,5)26)18(28-16)23-17(24-27-10-9-22)14-7-6-8-15(21)11-14/h6-8,11-12,26H,10,13H2,1-5H3. The van der Waals surface area contributed by atoms with Crippen LogP contribution < -0.4 is 4.80 Å². The lowest BCUT2D eigenvalue weighted by Gasteiger charge is -2.18. The van der Waals surface area contributed by atoms with Gasteiger partial charge in [0.05, 0.1) is 12.1 Å². The third kappa shape index (κ3) is 6.48. The first-order valence-electron chi connectivity index (χ1n) is 8.80. The quantitative estimate of drug-likeness (QED) is 0.342. The van der Waals surface area contributed by atoms with Gasteiger partial charge in [0.25, 0.3) is 0 Å². The van der Waals surface area contributed by atoms with Gasteiger partial charge in [-0.3, -0.25) is 0 Å². The Morgan fingerprint density at radius 1 is 1.32 bits per heavy atom. The molecule has 150 valence electrons. The second-order valence-corrected chi connectivity index (χ2v) is 9.48. The fraction of sp³-hybridized carbons (Fsp3) is 0.450. The molecular formula is C20H25ClN4O2S. The smallest absolute Gasteiger partial charge is 0.202 e. The first-order valence-corrected chi connectivity index (χ1v) is 10.00. The maximum atomic E-state index is 10.3. The summed E-state index contributed by atoms with van der Waals surface area (Å²) in [7, 11) is 0. The Morgan fingerprint density at radius 3 is 2.61 bits per heavy atom. The lowest BCUT2D eigenvalue weighted by Crippen LogP contribution is -2.31. The summed E-state index contributed by atoms with van der Waals surface area (Å²) in [5.41, 5.74) is -0.300. The third-order valence-electron chi connectivity index (χ3n) is 3.58. The molecule has 0 fully saturated rings. The van der Waals surface area contributed by atoms with Crippen LogP contribution in [0.25, 0.3) is 0 Å². The van der Waals surface area contributed by atoms with Gasteiger partial charge in [-0.15, -0.1) is 11.3 Å². The molecular weight excluding hydrogens is 396 g/mol. The lowest BCUT2D eigenvalue weighted by molar-refractivity contribution is 0.0607. The molecule has 1 heterocycles. The third-order valence-corrected chi connectivity index (χ3v) is 5.26. The summed E-state index contributed by atoms with van der Waals surface area (Å²) < 4.78 is 1.91. The molecule has 1 aromatic carbocycles. The summed E-state index contributed by atoms with van der Waals surface area (Å²) >= 11 is 7.63. The zero-order valence-corrected chi connectivity index (χ0v) is 18.3. The molecule has 0 aliphatic heterocycles. The Labute approximate surface area is 174 Å². The van der Waals surface area contributed by atoms with Gasteiger partial charge in [0.15, 0.2) is 4.80 Å². The molecule has 0 spiro atoms. The number of amidine groups is 1. The Balaban J connectivity index is 2.62. The summed E-state index contributed by atoms with van der Waals surface area (Å²) in [5.74, 6) is 0.310. The van der Waals surface area contributed by atoms with Crippen LogP contribution in [0.5, 0.6) is 0 Å². The normalized spacial score (nSPS) is 13.5. The average molecular weight is 421 g/mol. The number of aromatic nitrogens is 1. The van der Waals surface area contributed by atoms with Gasteiger partial charge in [0.2, 0.25) is 12.4 Å². The monoisotopic (exact) mass is 420 g/mol. The van der Waals surface area contributed by atoms with Crippen LogP contribution in [0.15, 0.2) is 40.6 Å². The van der Waals surface area contributed by atoms with Crippen molar-refractivity contribution in [2.75, 3.05) is 6.61 Å². The van der Waals surface area contributed by atoms with E-state index in [-0.39, 0.29) is 12.0 Å². The van der Waals surface area contributed by atoms with Crippen molar-refractivity contribution in [1.82, 2.24) is 4.57 Å². The number of halogens is 1. The van der Waals surface area contributed by atoms with Crippen LogP contribution in [0.3, 0.4) is 0 Å². The molecule has 28 heavy (non-hydrogen) atoms. The molecule has 6 nitrogen and oxygen atoms in total. The van der Waals surface area contributed by atoms with E-state index < -0.39 is 5.60 Å². The van der Waals surface area contributed by atoms with Crippen molar-refractivity contribution in [3.8, 4) is 6.07 Å². The highest BCUT2D eigenvalue weighted by Gasteiger charge is 2.21. The first-order chi connectivity index (χ1) is 13.0. The second kappa shape index (κ2) is 8.91. The number of aliphatic hydroxyl groups is 1. The predicted molar refractivity (Wildman–Crippen MR) is 112 cm³/mol. The predicted octanol–water partition coefficient (Wildman–Crippen LogP) is 4.07. The number of hydrogen-bond donors (Lipinski definition) is 1. The highest BCUT2D eigenvalue weighted by atomic mass is 35.5. The summed E-state index contributed by atoms with van der Waals surface area (Å²) in [6.07, 6.45) is 2.01. The minimum absolute atomic E-state index is 0.0650. The van der Waals surface area contributed by atoms with E-state index in [9.17, 15) is 5.11 Å². The van der Waals surface area contributed by atoms with Crippen molar-refractivity contribution < 1.29 is 9.94 Å². The van der Waals surface area contributed by atoms with Crippen LogP contribution in [0.4, 0.5) is 0 Å². The van der Waals surface area contributed by atoms with Crippen LogP contribution in [0.2, 0.25) is 5.02 Å². The van der Waals surface area contributed by atoms with Crippen LogP contribution in [-0.4, -0.2) is 27.7 Å². The molecule has 0 amide bonds. The van der Waals surface area contributed by atoms with Gasteiger partial charge >= 0.3 is 0 Å². The van der Waals surface area contributed by atoms with Crippen LogP contribution in [0, 0.1) is 11.3 Å². The lowest BCUT2D eigenvalue weighted by atomic mass is 9.95. The molecule has 0 atom stereocenters. The Bertz CT molecular complexity index is 956. The molecule has 0 aliphatic carbocycles. The van der Waals surface area contributed by atoms with Gasteiger partial charge < -0.3 is 14.5 Å². The Morgan fingerprint density at radius 2 is 2.04 bits per heavy atom. The van der Waals surface area contributed by atoms with E-state index in [1.54, 1.807) is 32.0 Å². The fourth-order valence-electron chi connectivity index (χ4n) is 2.32. The summed E-state index contributed by atoms with van der Waals surface area (Å²) in [6, 6.07) is 9.00. The van der Waals surface area contributed by atoms with E-state index in [0.717, 1.165) is 4.88 Å². The fourth-order valence-corrected chi connectivity index (χ4v) is 3.56. The largest absolute Gasteiger partial charge is 0.389 e. The maximum absolute atomic E-state index is 10.3. The first kappa shape index (κ1) is 22.2. The SMILES string of the molecule is CC(C)(O)Cn1cc(C(C)(C)C)sc1=NC(=NOCC#N)c1cccc(Cl)c1. The van der Waals surface area contributed by atoms with Crippen molar-refractivity contribution in [2.45, 2.75) is 52.2 Å². The van der Waals surface area contributed by atoms with E-state index in [0.29, 0.717) is 27.8 Å². The number of nitrogens with zero attached hydrogens (tertiary/aromatic N) is 4. The number of rotatable bonds is 5. The van der Waals surface area contributed by atoms with Crippen molar-refractivity contribution in [3.63, 3.8) is 0 Å². The van der Waals surface area contributed by atoms with E-state index in [1.165, 1.54) is 11.3 Å². The molecule has 0 aliphatic rings.